The number of piperazine rings is 1. The molecule has 4 aromatic rings. The van der Waals surface area contributed by atoms with E-state index in [1.807, 2.05) is 36.4 Å². The van der Waals surface area contributed by atoms with Crippen LogP contribution in [0.4, 0.5) is 16.0 Å². The number of nitrogens with one attached hydrogen (secondary N) is 1. The van der Waals surface area contributed by atoms with Gasteiger partial charge in [-0.3, -0.25) is 4.90 Å². The van der Waals surface area contributed by atoms with Gasteiger partial charge in [0.1, 0.15) is 17.2 Å². The Morgan fingerprint density at radius 1 is 1.06 bits per heavy atom. The molecule has 2 aliphatic rings. The summed E-state index contributed by atoms with van der Waals surface area (Å²) >= 11 is 0. The Bertz CT molecular complexity index is 1320. The Hall–Kier alpha value is -3.45. The predicted octanol–water partition coefficient (Wildman–Crippen LogP) is 5.02. The normalized spacial score (nSPS) is 20.9. The van der Waals surface area contributed by atoms with Crippen LogP contribution in [-0.2, 0) is 0 Å². The Morgan fingerprint density at radius 2 is 1.91 bits per heavy atom. The van der Waals surface area contributed by atoms with E-state index >= 15 is 4.39 Å². The molecule has 0 aliphatic carbocycles. The number of hydrogen-bond donors (Lipinski definition) is 1. The SMILES string of the molecule is CCN1CC2CC1CN2c1nn(-c2ccnc(N[C@@H](C)c3ccccc3)c2)c2c(F)cccc12. The van der Waals surface area contributed by atoms with E-state index in [1.165, 1.54) is 11.6 Å². The maximum Gasteiger partial charge on any atom is 0.159 e. The monoisotopic (exact) mass is 456 g/mol. The molecule has 2 bridgehead atoms. The molecule has 2 aromatic heterocycles. The third-order valence-electron chi connectivity index (χ3n) is 7.32. The van der Waals surface area contributed by atoms with E-state index in [0.29, 0.717) is 17.6 Å². The van der Waals surface area contributed by atoms with Gasteiger partial charge in [-0.25, -0.2) is 14.1 Å². The van der Waals surface area contributed by atoms with Crippen LogP contribution in [0.15, 0.2) is 66.9 Å². The van der Waals surface area contributed by atoms with E-state index in [1.54, 1.807) is 16.9 Å². The summed E-state index contributed by atoms with van der Waals surface area (Å²) in [6.07, 6.45) is 2.90. The lowest BCUT2D eigenvalue weighted by Gasteiger charge is -2.33. The number of halogens is 1. The molecule has 0 amide bonds. The summed E-state index contributed by atoms with van der Waals surface area (Å²) < 4.78 is 16.9. The van der Waals surface area contributed by atoms with Crippen molar-refractivity contribution in [2.24, 2.45) is 0 Å². The lowest BCUT2D eigenvalue weighted by atomic mass is 10.1. The number of anilines is 2. The van der Waals surface area contributed by atoms with Crippen LogP contribution in [0.2, 0.25) is 0 Å². The van der Waals surface area contributed by atoms with Gasteiger partial charge in [0.2, 0.25) is 0 Å². The van der Waals surface area contributed by atoms with Crippen molar-refractivity contribution >= 4 is 22.5 Å². The molecule has 0 radical (unpaired) electrons. The van der Waals surface area contributed by atoms with Gasteiger partial charge < -0.3 is 10.2 Å². The number of hydrogen-bond acceptors (Lipinski definition) is 5. The number of rotatable bonds is 6. The molecule has 4 heterocycles. The molecule has 2 saturated heterocycles. The molecule has 0 spiro atoms. The smallest absolute Gasteiger partial charge is 0.159 e. The molecule has 2 aliphatic heterocycles. The van der Waals surface area contributed by atoms with Gasteiger partial charge >= 0.3 is 0 Å². The molecule has 34 heavy (non-hydrogen) atoms. The van der Waals surface area contributed by atoms with E-state index in [2.05, 4.69) is 46.1 Å². The van der Waals surface area contributed by atoms with Crippen LogP contribution in [0.1, 0.15) is 31.9 Å². The Balaban J connectivity index is 1.36. The van der Waals surface area contributed by atoms with Crippen LogP contribution < -0.4 is 10.2 Å². The minimum absolute atomic E-state index is 0.0901. The molecule has 2 unspecified atom stereocenters. The summed E-state index contributed by atoms with van der Waals surface area (Å²) in [5.74, 6) is 1.34. The minimum atomic E-state index is -0.264. The van der Waals surface area contributed by atoms with Gasteiger partial charge in [-0.05, 0) is 43.7 Å². The highest BCUT2D eigenvalue weighted by atomic mass is 19.1. The summed E-state index contributed by atoms with van der Waals surface area (Å²) in [5.41, 5.74) is 2.48. The van der Waals surface area contributed by atoms with Crippen LogP contribution in [0, 0.1) is 5.82 Å². The lowest BCUT2D eigenvalue weighted by Crippen LogP contribution is -2.46. The van der Waals surface area contributed by atoms with Gasteiger partial charge in [-0.2, -0.15) is 0 Å². The summed E-state index contributed by atoms with van der Waals surface area (Å²) in [6, 6.07) is 20.4. The van der Waals surface area contributed by atoms with Gasteiger partial charge in [0.15, 0.2) is 5.82 Å². The number of likely N-dealkylation sites (N-methyl/N-ethyl adjacent to an activating group) is 1. The van der Waals surface area contributed by atoms with Gasteiger partial charge in [0, 0.05) is 48.9 Å². The van der Waals surface area contributed by atoms with Gasteiger partial charge in [-0.1, -0.05) is 43.3 Å². The molecule has 1 N–H and O–H groups in total. The van der Waals surface area contributed by atoms with Crippen molar-refractivity contribution in [3.8, 4) is 5.69 Å². The third-order valence-corrected chi connectivity index (χ3v) is 7.32. The van der Waals surface area contributed by atoms with Crippen LogP contribution in [-0.4, -0.2) is 51.4 Å². The first-order chi connectivity index (χ1) is 16.6. The van der Waals surface area contributed by atoms with Crippen molar-refractivity contribution in [2.45, 2.75) is 38.4 Å². The van der Waals surface area contributed by atoms with E-state index < -0.39 is 0 Å². The molecular weight excluding hydrogens is 427 g/mol. The Morgan fingerprint density at radius 3 is 2.68 bits per heavy atom. The fourth-order valence-corrected chi connectivity index (χ4v) is 5.58. The number of nitrogens with zero attached hydrogens (tertiary/aromatic N) is 5. The largest absolute Gasteiger partial charge is 0.363 e. The summed E-state index contributed by atoms with van der Waals surface area (Å²) in [6.45, 7) is 7.39. The zero-order valence-corrected chi connectivity index (χ0v) is 19.5. The Kier molecular flexibility index (Phi) is 5.21. The van der Waals surface area contributed by atoms with Crippen LogP contribution in [0.5, 0.6) is 0 Å². The highest BCUT2D eigenvalue weighted by Crippen LogP contribution is 2.38. The quantitative estimate of drug-likeness (QED) is 0.442. The van der Waals surface area contributed by atoms with E-state index in [-0.39, 0.29) is 11.9 Å². The lowest BCUT2D eigenvalue weighted by molar-refractivity contribution is 0.251. The number of pyridine rings is 1. The first kappa shape index (κ1) is 21.1. The topological polar surface area (TPSA) is 49.2 Å². The molecular formula is C27H29FN6. The first-order valence-corrected chi connectivity index (χ1v) is 12.1. The number of aromatic nitrogens is 3. The van der Waals surface area contributed by atoms with Gasteiger partial charge in [0.25, 0.3) is 0 Å². The fourth-order valence-electron chi connectivity index (χ4n) is 5.58. The number of benzene rings is 2. The zero-order chi connectivity index (χ0) is 23.2. The molecule has 3 atom stereocenters. The van der Waals surface area contributed by atoms with Crippen molar-refractivity contribution in [3.63, 3.8) is 0 Å². The van der Waals surface area contributed by atoms with Gasteiger partial charge in [0.05, 0.1) is 5.69 Å². The first-order valence-electron chi connectivity index (χ1n) is 12.1. The third kappa shape index (κ3) is 3.51. The number of fused-ring (bicyclic) bond motifs is 3. The zero-order valence-electron chi connectivity index (χ0n) is 19.5. The maximum atomic E-state index is 15.2. The molecule has 2 fully saturated rings. The van der Waals surface area contributed by atoms with Crippen molar-refractivity contribution < 1.29 is 4.39 Å². The predicted molar refractivity (Wildman–Crippen MR) is 134 cm³/mol. The van der Waals surface area contributed by atoms with Crippen molar-refractivity contribution in [1.29, 1.82) is 0 Å². The molecule has 0 saturated carbocycles. The van der Waals surface area contributed by atoms with Crippen molar-refractivity contribution in [1.82, 2.24) is 19.7 Å². The minimum Gasteiger partial charge on any atom is -0.363 e. The summed E-state index contributed by atoms with van der Waals surface area (Å²) in [4.78, 5) is 9.42. The molecule has 174 valence electrons. The fraction of sp³-hybridized carbons (Fsp3) is 0.333. The second-order valence-corrected chi connectivity index (χ2v) is 9.33. The maximum absolute atomic E-state index is 15.2. The second kappa shape index (κ2) is 8.40. The molecule has 7 heteroatoms. The van der Waals surface area contributed by atoms with Crippen LogP contribution in [0.25, 0.3) is 16.6 Å². The average molecular weight is 457 g/mol. The molecule has 2 aromatic carbocycles. The number of para-hydroxylation sites is 1. The molecule has 6 nitrogen and oxygen atoms in total. The highest BCUT2D eigenvalue weighted by molar-refractivity contribution is 5.92. The second-order valence-electron chi connectivity index (χ2n) is 9.33. The highest BCUT2D eigenvalue weighted by Gasteiger charge is 2.44. The number of likely N-dealkylation sites (tertiary alicyclic amines) is 1. The van der Waals surface area contributed by atoms with Crippen LogP contribution >= 0.6 is 0 Å². The van der Waals surface area contributed by atoms with E-state index in [4.69, 9.17) is 5.10 Å². The van der Waals surface area contributed by atoms with E-state index in [9.17, 15) is 0 Å². The van der Waals surface area contributed by atoms with E-state index in [0.717, 1.165) is 48.8 Å². The van der Waals surface area contributed by atoms with Crippen LogP contribution in [0.3, 0.4) is 0 Å². The van der Waals surface area contributed by atoms with Crippen molar-refractivity contribution in [3.05, 3.63) is 78.2 Å². The van der Waals surface area contributed by atoms with Crippen molar-refractivity contribution in [2.75, 3.05) is 29.9 Å². The van der Waals surface area contributed by atoms with Gasteiger partial charge in [-0.15, -0.1) is 5.10 Å². The average Bonchev–Trinajstić information content (AvgIpc) is 3.57. The summed E-state index contributed by atoms with van der Waals surface area (Å²) in [5, 5.41) is 9.30. The molecule has 6 rings (SSSR count). The summed E-state index contributed by atoms with van der Waals surface area (Å²) in [7, 11) is 0. The standard InChI is InChI=1S/C27H29FN6/c1-3-32-16-22-14-21(32)17-33(22)27-23-10-7-11-24(28)26(23)34(31-27)20-12-13-29-25(15-20)30-18(2)19-8-5-4-6-9-19/h4-13,15,18,21-22H,3,14,16-17H2,1-2H3,(H,29,30)/t18-,21?,22?/m0/s1. The Labute approximate surface area is 199 Å².